The Morgan fingerprint density at radius 1 is 0.969 bits per heavy atom. The van der Waals surface area contributed by atoms with Crippen LogP contribution in [0.5, 0.6) is 0 Å². The van der Waals surface area contributed by atoms with Crippen molar-refractivity contribution >= 4 is 17.1 Å². The van der Waals surface area contributed by atoms with Crippen molar-refractivity contribution in [2.45, 2.75) is 58.8 Å². The Kier molecular flexibility index (Phi) is 7.88. The van der Waals surface area contributed by atoms with E-state index in [1.165, 1.54) is 41.6 Å². The lowest BCUT2D eigenvalue weighted by atomic mass is 10.0. The minimum absolute atomic E-state index is 0.319. The number of Topliss-reactive ketones (excluding diaryl/α,β-unsaturated/α-hetero) is 1. The van der Waals surface area contributed by atoms with Crippen LogP contribution in [0, 0.1) is 0 Å². The SMILES string of the molecule is CCN(CC)CCCCCCC(=O)Cc1nc(-c2ccc3c(c2)Cc2ccccc2-3)cs1. The van der Waals surface area contributed by atoms with Crippen molar-refractivity contribution in [2.24, 2.45) is 0 Å². The third kappa shape index (κ3) is 5.54. The number of thiazole rings is 1. The Labute approximate surface area is 196 Å². The maximum Gasteiger partial charge on any atom is 0.139 e. The Bertz CT molecular complexity index is 1050. The fourth-order valence-electron chi connectivity index (χ4n) is 4.64. The summed E-state index contributed by atoms with van der Waals surface area (Å²) >= 11 is 1.61. The average molecular weight is 447 g/mol. The first-order valence-corrected chi connectivity index (χ1v) is 13.0. The summed E-state index contributed by atoms with van der Waals surface area (Å²) in [5.41, 5.74) is 7.61. The highest BCUT2D eigenvalue weighted by molar-refractivity contribution is 7.10. The molecule has 0 radical (unpaired) electrons. The van der Waals surface area contributed by atoms with Gasteiger partial charge in [-0.1, -0.05) is 63.1 Å². The number of ketones is 1. The standard InChI is InChI=1S/C28H34N2OS/c1-3-30(4-2)16-10-6-5-7-12-24(31)19-28-29-27(20-32-28)22-14-15-26-23(18-22)17-21-11-8-9-13-25(21)26/h8-9,11,13-15,18,20H,3-7,10,12,16-17,19H2,1-2H3. The van der Waals surface area contributed by atoms with Gasteiger partial charge in [-0.2, -0.15) is 0 Å². The Hall–Kier alpha value is -2.30. The molecule has 0 bridgehead atoms. The van der Waals surface area contributed by atoms with Crippen molar-refractivity contribution in [3.63, 3.8) is 0 Å². The lowest BCUT2D eigenvalue weighted by Crippen LogP contribution is -2.23. The molecule has 1 aliphatic rings. The predicted molar refractivity (Wildman–Crippen MR) is 135 cm³/mol. The van der Waals surface area contributed by atoms with Crippen molar-refractivity contribution in [2.75, 3.05) is 19.6 Å². The summed E-state index contributed by atoms with van der Waals surface area (Å²) in [5, 5.41) is 3.04. The van der Waals surface area contributed by atoms with E-state index in [1.54, 1.807) is 11.3 Å². The lowest BCUT2D eigenvalue weighted by Gasteiger charge is -2.17. The molecule has 3 aromatic rings. The number of rotatable bonds is 12. The summed E-state index contributed by atoms with van der Waals surface area (Å²) in [6.07, 6.45) is 6.74. The van der Waals surface area contributed by atoms with Gasteiger partial charge in [-0.05, 0) is 67.2 Å². The molecule has 4 heteroatoms. The molecule has 1 aromatic heterocycles. The molecule has 0 amide bonds. The quantitative estimate of drug-likeness (QED) is 0.225. The van der Waals surface area contributed by atoms with E-state index in [1.807, 2.05) is 0 Å². The molecule has 4 rings (SSSR count). The first-order valence-electron chi connectivity index (χ1n) is 12.1. The summed E-state index contributed by atoms with van der Waals surface area (Å²) in [4.78, 5) is 19.7. The highest BCUT2D eigenvalue weighted by atomic mass is 32.1. The normalized spacial score (nSPS) is 12.2. The van der Waals surface area contributed by atoms with Gasteiger partial charge in [0, 0.05) is 17.4 Å². The molecule has 1 aliphatic carbocycles. The summed E-state index contributed by atoms with van der Waals surface area (Å²) in [7, 11) is 0. The van der Waals surface area contributed by atoms with Crippen LogP contribution in [0.4, 0.5) is 0 Å². The van der Waals surface area contributed by atoms with E-state index in [-0.39, 0.29) is 0 Å². The topological polar surface area (TPSA) is 33.2 Å². The van der Waals surface area contributed by atoms with Gasteiger partial charge in [-0.3, -0.25) is 4.79 Å². The van der Waals surface area contributed by atoms with Crippen molar-refractivity contribution in [3.8, 4) is 22.4 Å². The molecule has 0 saturated carbocycles. The van der Waals surface area contributed by atoms with E-state index in [4.69, 9.17) is 4.98 Å². The van der Waals surface area contributed by atoms with Crippen LogP contribution < -0.4 is 0 Å². The van der Waals surface area contributed by atoms with E-state index >= 15 is 0 Å². The van der Waals surface area contributed by atoms with E-state index < -0.39 is 0 Å². The van der Waals surface area contributed by atoms with Crippen LogP contribution in [-0.4, -0.2) is 35.3 Å². The molecular formula is C28H34N2OS. The number of hydrogen-bond donors (Lipinski definition) is 0. The van der Waals surface area contributed by atoms with Crippen LogP contribution in [0.2, 0.25) is 0 Å². The highest BCUT2D eigenvalue weighted by Gasteiger charge is 2.19. The fraction of sp³-hybridized carbons (Fsp3) is 0.429. The van der Waals surface area contributed by atoms with Gasteiger partial charge in [0.1, 0.15) is 10.8 Å². The number of benzene rings is 2. The number of hydrogen-bond acceptors (Lipinski definition) is 4. The molecule has 0 saturated heterocycles. The number of carbonyl (C=O) groups excluding carboxylic acids is 1. The maximum atomic E-state index is 12.4. The van der Waals surface area contributed by atoms with Gasteiger partial charge in [-0.25, -0.2) is 4.98 Å². The first kappa shape index (κ1) is 22.9. The summed E-state index contributed by atoms with van der Waals surface area (Å²) < 4.78 is 0. The zero-order chi connectivity index (χ0) is 22.3. The summed E-state index contributed by atoms with van der Waals surface area (Å²) in [6, 6.07) is 15.3. The lowest BCUT2D eigenvalue weighted by molar-refractivity contribution is -0.118. The summed E-state index contributed by atoms with van der Waals surface area (Å²) in [6.45, 7) is 7.87. The van der Waals surface area contributed by atoms with Crippen molar-refractivity contribution in [1.29, 1.82) is 0 Å². The molecule has 168 valence electrons. The second-order valence-electron chi connectivity index (χ2n) is 8.74. The fourth-order valence-corrected chi connectivity index (χ4v) is 5.47. The number of unbranched alkanes of at least 4 members (excludes halogenated alkanes) is 3. The average Bonchev–Trinajstić information content (AvgIpc) is 3.42. The molecule has 2 aromatic carbocycles. The van der Waals surface area contributed by atoms with E-state index in [9.17, 15) is 4.79 Å². The second-order valence-corrected chi connectivity index (χ2v) is 9.68. The Morgan fingerprint density at radius 3 is 2.59 bits per heavy atom. The first-order chi connectivity index (χ1) is 15.7. The smallest absolute Gasteiger partial charge is 0.139 e. The second kappa shape index (κ2) is 11.0. The molecule has 0 spiro atoms. The molecule has 0 fully saturated rings. The molecule has 0 unspecified atom stereocenters. The van der Waals surface area contributed by atoms with Gasteiger partial charge < -0.3 is 4.90 Å². The van der Waals surface area contributed by atoms with Crippen LogP contribution in [0.25, 0.3) is 22.4 Å². The molecule has 0 aliphatic heterocycles. The molecule has 1 heterocycles. The van der Waals surface area contributed by atoms with Crippen molar-refractivity contribution in [1.82, 2.24) is 9.88 Å². The van der Waals surface area contributed by atoms with Crippen molar-refractivity contribution < 1.29 is 4.79 Å². The highest BCUT2D eigenvalue weighted by Crippen LogP contribution is 2.38. The zero-order valence-corrected chi connectivity index (χ0v) is 20.2. The molecule has 0 atom stereocenters. The third-order valence-electron chi connectivity index (χ3n) is 6.56. The van der Waals surface area contributed by atoms with Gasteiger partial charge >= 0.3 is 0 Å². The molecule has 0 N–H and O–H groups in total. The van der Waals surface area contributed by atoms with Crippen LogP contribution in [0.3, 0.4) is 0 Å². The predicted octanol–water partition coefficient (Wildman–Crippen LogP) is 6.79. The number of carbonyl (C=O) groups is 1. The summed E-state index contributed by atoms with van der Waals surface area (Å²) in [5.74, 6) is 0.319. The van der Waals surface area contributed by atoms with Crippen LogP contribution in [-0.2, 0) is 17.6 Å². The van der Waals surface area contributed by atoms with Gasteiger partial charge in [0.05, 0.1) is 12.1 Å². The van der Waals surface area contributed by atoms with Crippen LogP contribution in [0.15, 0.2) is 47.8 Å². The van der Waals surface area contributed by atoms with E-state index in [0.717, 1.165) is 48.6 Å². The number of aromatic nitrogens is 1. The Balaban J connectivity index is 1.25. The minimum Gasteiger partial charge on any atom is -0.304 e. The van der Waals surface area contributed by atoms with Gasteiger partial charge in [0.15, 0.2) is 0 Å². The Morgan fingerprint density at radius 2 is 1.75 bits per heavy atom. The third-order valence-corrected chi connectivity index (χ3v) is 7.41. The van der Waals surface area contributed by atoms with E-state index in [2.05, 4.69) is 66.6 Å². The van der Waals surface area contributed by atoms with Crippen molar-refractivity contribution in [3.05, 3.63) is 64.0 Å². The van der Waals surface area contributed by atoms with Gasteiger partial charge in [0.2, 0.25) is 0 Å². The number of nitrogens with zero attached hydrogens (tertiary/aromatic N) is 2. The molecular weight excluding hydrogens is 412 g/mol. The van der Waals surface area contributed by atoms with Crippen LogP contribution >= 0.6 is 11.3 Å². The number of fused-ring (bicyclic) bond motifs is 3. The minimum atomic E-state index is 0.319. The zero-order valence-electron chi connectivity index (χ0n) is 19.4. The molecule has 3 nitrogen and oxygen atoms in total. The van der Waals surface area contributed by atoms with E-state index in [0.29, 0.717) is 18.6 Å². The van der Waals surface area contributed by atoms with Gasteiger partial charge in [-0.15, -0.1) is 11.3 Å². The van der Waals surface area contributed by atoms with Gasteiger partial charge in [0.25, 0.3) is 0 Å². The largest absolute Gasteiger partial charge is 0.304 e. The van der Waals surface area contributed by atoms with Crippen LogP contribution in [0.1, 0.15) is 62.1 Å². The molecule has 32 heavy (non-hydrogen) atoms. The maximum absolute atomic E-state index is 12.4. The monoisotopic (exact) mass is 446 g/mol.